The molecule has 3 aromatic rings. The number of halogens is 1. The Morgan fingerprint density at radius 3 is 2.41 bits per heavy atom. The third-order valence-electron chi connectivity index (χ3n) is 4.11. The smallest absolute Gasteiger partial charge is 0.311 e. The minimum atomic E-state index is -0.487. The van der Waals surface area contributed by atoms with Crippen LogP contribution in [0.25, 0.3) is 10.8 Å². The van der Waals surface area contributed by atoms with E-state index < -0.39 is 11.9 Å². The fraction of sp³-hybridized carbons (Fsp3) is 0.182. The number of benzene rings is 3. The second-order valence-electron chi connectivity index (χ2n) is 6.23. The van der Waals surface area contributed by atoms with Crippen molar-refractivity contribution in [3.05, 3.63) is 76.8 Å². The Hall–Kier alpha value is -2.85. The van der Waals surface area contributed by atoms with Gasteiger partial charge in [0.2, 0.25) is 0 Å². The maximum atomic E-state index is 11.9. The third-order valence-corrected chi connectivity index (χ3v) is 4.53. The van der Waals surface area contributed by atoms with Gasteiger partial charge in [0.25, 0.3) is 0 Å². The highest BCUT2D eigenvalue weighted by Crippen LogP contribution is 2.21. The van der Waals surface area contributed by atoms with Gasteiger partial charge in [-0.15, -0.1) is 0 Å². The number of fused-ring (bicyclic) bond motifs is 1. The number of hydrogen-bond donors (Lipinski definition) is 0. The molecule has 0 aromatic heterocycles. The summed E-state index contributed by atoms with van der Waals surface area (Å²) in [5.74, 6) is -0.516. The molecule has 0 bridgehead atoms. The van der Waals surface area contributed by atoms with Crippen LogP contribution in [0.2, 0.25) is 5.02 Å². The van der Waals surface area contributed by atoms with Crippen molar-refractivity contribution in [3.63, 3.8) is 0 Å². The molecule has 4 nitrogen and oxygen atoms in total. The summed E-state index contributed by atoms with van der Waals surface area (Å²) in [5, 5.41) is 2.83. The number of carbonyl (C=O) groups excluding carboxylic acids is 2. The molecule has 0 N–H and O–H groups in total. The van der Waals surface area contributed by atoms with Crippen LogP contribution in [-0.2, 0) is 20.9 Å². The van der Waals surface area contributed by atoms with Crippen LogP contribution >= 0.6 is 11.6 Å². The van der Waals surface area contributed by atoms with E-state index in [9.17, 15) is 9.59 Å². The second kappa shape index (κ2) is 8.69. The first kappa shape index (κ1) is 18.9. The van der Waals surface area contributed by atoms with Gasteiger partial charge in [-0.05, 0) is 53.1 Å². The predicted molar refractivity (Wildman–Crippen MR) is 105 cm³/mol. The molecule has 0 radical (unpaired) electrons. The lowest BCUT2D eigenvalue weighted by Crippen LogP contribution is -2.12. The molecular weight excluding hydrogens is 364 g/mol. The highest BCUT2D eigenvalue weighted by atomic mass is 35.5. The van der Waals surface area contributed by atoms with Crippen LogP contribution in [0.5, 0.6) is 5.75 Å². The molecule has 0 spiro atoms. The van der Waals surface area contributed by atoms with E-state index in [4.69, 9.17) is 21.1 Å². The first-order chi connectivity index (χ1) is 13.0. The van der Waals surface area contributed by atoms with Crippen LogP contribution in [0.4, 0.5) is 0 Å². The van der Waals surface area contributed by atoms with Crippen molar-refractivity contribution >= 4 is 34.3 Å². The largest absolute Gasteiger partial charge is 0.461 e. The Labute approximate surface area is 162 Å². The van der Waals surface area contributed by atoms with Crippen molar-refractivity contribution in [1.29, 1.82) is 0 Å². The van der Waals surface area contributed by atoms with E-state index in [0.717, 1.165) is 21.9 Å². The van der Waals surface area contributed by atoms with Crippen LogP contribution < -0.4 is 4.74 Å². The van der Waals surface area contributed by atoms with Gasteiger partial charge in [0.15, 0.2) is 0 Å². The van der Waals surface area contributed by atoms with Crippen molar-refractivity contribution in [1.82, 2.24) is 0 Å². The summed E-state index contributed by atoms with van der Waals surface area (Å²) >= 11 is 5.94. The molecule has 27 heavy (non-hydrogen) atoms. The van der Waals surface area contributed by atoms with Crippen LogP contribution in [0.3, 0.4) is 0 Å². The van der Waals surface area contributed by atoms with Gasteiger partial charge in [0.05, 0.1) is 12.8 Å². The third kappa shape index (κ3) is 5.31. The van der Waals surface area contributed by atoms with Gasteiger partial charge in [-0.25, -0.2) is 0 Å². The molecule has 0 aliphatic rings. The van der Waals surface area contributed by atoms with E-state index in [0.29, 0.717) is 10.8 Å². The van der Waals surface area contributed by atoms with Gasteiger partial charge in [0, 0.05) is 5.02 Å². The Morgan fingerprint density at radius 2 is 1.63 bits per heavy atom. The highest BCUT2D eigenvalue weighted by Gasteiger charge is 2.11. The number of aryl methyl sites for hydroxylation is 1. The van der Waals surface area contributed by atoms with Gasteiger partial charge >= 0.3 is 11.9 Å². The molecule has 0 unspecified atom stereocenters. The molecule has 0 aliphatic heterocycles. The minimum Gasteiger partial charge on any atom is -0.461 e. The maximum absolute atomic E-state index is 11.9. The van der Waals surface area contributed by atoms with E-state index in [-0.39, 0.29) is 19.4 Å². The van der Waals surface area contributed by atoms with Gasteiger partial charge in [0.1, 0.15) is 12.4 Å². The fourth-order valence-corrected chi connectivity index (χ4v) is 2.75. The van der Waals surface area contributed by atoms with Crippen molar-refractivity contribution in [2.45, 2.75) is 26.4 Å². The molecule has 0 amide bonds. The van der Waals surface area contributed by atoms with E-state index in [1.165, 1.54) is 0 Å². The topological polar surface area (TPSA) is 52.6 Å². The zero-order valence-electron chi connectivity index (χ0n) is 14.9. The van der Waals surface area contributed by atoms with Gasteiger partial charge < -0.3 is 9.47 Å². The van der Waals surface area contributed by atoms with E-state index in [1.54, 1.807) is 18.2 Å². The van der Waals surface area contributed by atoms with Crippen molar-refractivity contribution < 1.29 is 19.1 Å². The normalized spacial score (nSPS) is 10.6. The van der Waals surface area contributed by atoms with Crippen LogP contribution in [0.15, 0.2) is 60.7 Å². The summed E-state index contributed by atoms with van der Waals surface area (Å²) in [6.45, 7) is 2.00. The molecule has 0 heterocycles. The minimum absolute atomic E-state index is 0.0288. The zero-order valence-corrected chi connectivity index (χ0v) is 15.7. The molecule has 138 valence electrons. The number of ether oxygens (including phenoxy) is 2. The van der Waals surface area contributed by atoms with Gasteiger partial charge in [-0.1, -0.05) is 48.0 Å². The summed E-state index contributed by atoms with van der Waals surface area (Å²) in [6.07, 6.45) is -0.0722. The standard InChI is InChI=1S/C22H19ClO4/c1-15-12-19(8-9-20(15)23)27-22(25)11-10-21(24)26-14-16-6-7-17-4-2-3-5-18(17)13-16/h2-9,12-13H,10-11,14H2,1H3. The Bertz CT molecular complexity index is 981. The highest BCUT2D eigenvalue weighted by molar-refractivity contribution is 6.31. The first-order valence-corrected chi connectivity index (χ1v) is 8.99. The molecule has 3 aromatic carbocycles. The maximum Gasteiger partial charge on any atom is 0.311 e. The van der Waals surface area contributed by atoms with Crippen molar-refractivity contribution in [3.8, 4) is 5.75 Å². The number of rotatable bonds is 6. The van der Waals surface area contributed by atoms with Crippen molar-refractivity contribution in [2.24, 2.45) is 0 Å². The average Bonchev–Trinajstić information content (AvgIpc) is 2.67. The van der Waals surface area contributed by atoms with Gasteiger partial charge in [-0.3, -0.25) is 9.59 Å². The number of esters is 2. The summed E-state index contributed by atoms with van der Waals surface area (Å²) < 4.78 is 10.5. The summed E-state index contributed by atoms with van der Waals surface area (Å²) in [4.78, 5) is 23.8. The van der Waals surface area contributed by atoms with Crippen LogP contribution in [0, 0.1) is 6.92 Å². The Morgan fingerprint density at radius 1 is 0.889 bits per heavy atom. The average molecular weight is 383 g/mol. The molecule has 0 saturated carbocycles. The van der Waals surface area contributed by atoms with Crippen LogP contribution in [-0.4, -0.2) is 11.9 Å². The molecule has 0 saturated heterocycles. The lowest BCUT2D eigenvalue weighted by atomic mass is 10.1. The zero-order chi connectivity index (χ0) is 19.2. The van der Waals surface area contributed by atoms with Crippen molar-refractivity contribution in [2.75, 3.05) is 0 Å². The molecular formula is C22H19ClO4. The monoisotopic (exact) mass is 382 g/mol. The summed E-state index contributed by atoms with van der Waals surface area (Å²) in [6, 6.07) is 18.8. The number of hydrogen-bond acceptors (Lipinski definition) is 4. The van der Waals surface area contributed by atoms with Gasteiger partial charge in [-0.2, -0.15) is 0 Å². The Balaban J connectivity index is 1.45. The predicted octanol–water partition coefficient (Wildman–Crippen LogP) is 5.23. The quantitative estimate of drug-likeness (QED) is 0.432. The molecule has 0 atom stereocenters. The first-order valence-electron chi connectivity index (χ1n) is 8.61. The summed E-state index contributed by atoms with van der Waals surface area (Å²) in [5.41, 5.74) is 1.72. The molecule has 0 aliphatic carbocycles. The Kier molecular flexibility index (Phi) is 6.09. The van der Waals surface area contributed by atoms with E-state index in [1.807, 2.05) is 49.4 Å². The second-order valence-corrected chi connectivity index (χ2v) is 6.63. The lowest BCUT2D eigenvalue weighted by molar-refractivity contribution is -0.148. The lowest BCUT2D eigenvalue weighted by Gasteiger charge is -2.07. The summed E-state index contributed by atoms with van der Waals surface area (Å²) in [7, 11) is 0. The molecule has 3 rings (SSSR count). The molecule has 0 fully saturated rings. The fourth-order valence-electron chi connectivity index (χ4n) is 2.63. The molecule has 5 heteroatoms. The van der Waals surface area contributed by atoms with E-state index >= 15 is 0 Å². The van der Waals surface area contributed by atoms with E-state index in [2.05, 4.69) is 0 Å². The number of carbonyl (C=O) groups is 2. The SMILES string of the molecule is Cc1cc(OC(=O)CCC(=O)OCc2ccc3ccccc3c2)ccc1Cl. The van der Waals surface area contributed by atoms with Crippen LogP contribution in [0.1, 0.15) is 24.0 Å².